The van der Waals surface area contributed by atoms with Crippen LogP contribution in [0, 0.1) is 5.82 Å². The lowest BCUT2D eigenvalue weighted by atomic mass is 9.95. The topological polar surface area (TPSA) is 56.8 Å². The highest BCUT2D eigenvalue weighted by Gasteiger charge is 2.24. The van der Waals surface area contributed by atoms with Gasteiger partial charge in [-0.15, -0.1) is 0 Å². The standard InChI is InChI=1S/C23H22FN5/c24-21-4-1-16(2-5-21)23(29-9-7-25-8-10-29)20-12-18(13-26-14-20)17-3-6-22-19(11-17)15-27-28-22/h1-6,11-15,23,25H,7-10H2,(H,27,28). The predicted octanol–water partition coefficient (Wildman–Crippen LogP) is 3.76. The SMILES string of the molecule is Fc1ccc(C(c2cncc(-c3ccc4[nH]ncc4c3)c2)N2CCNCC2)cc1. The zero-order valence-corrected chi connectivity index (χ0v) is 16.0. The van der Waals surface area contributed by atoms with E-state index in [0.717, 1.165) is 59.3 Å². The molecule has 1 saturated heterocycles. The monoisotopic (exact) mass is 387 g/mol. The van der Waals surface area contributed by atoms with E-state index in [2.05, 4.69) is 43.6 Å². The minimum absolute atomic E-state index is 0.0443. The number of hydrogen-bond donors (Lipinski definition) is 2. The van der Waals surface area contributed by atoms with Crippen molar-refractivity contribution in [3.63, 3.8) is 0 Å². The van der Waals surface area contributed by atoms with Crippen molar-refractivity contribution in [1.82, 2.24) is 25.4 Å². The molecule has 0 saturated carbocycles. The summed E-state index contributed by atoms with van der Waals surface area (Å²) in [6.45, 7) is 3.77. The normalized spacial score (nSPS) is 16.2. The first-order valence-electron chi connectivity index (χ1n) is 9.87. The lowest BCUT2D eigenvalue weighted by Gasteiger charge is -2.35. The van der Waals surface area contributed by atoms with Gasteiger partial charge in [0, 0.05) is 49.5 Å². The Hall–Kier alpha value is -3.09. The number of pyridine rings is 1. The Balaban J connectivity index is 1.56. The molecule has 1 unspecified atom stereocenters. The molecule has 0 amide bonds. The fraction of sp³-hybridized carbons (Fsp3) is 0.217. The average molecular weight is 387 g/mol. The first-order valence-corrected chi connectivity index (χ1v) is 9.87. The molecule has 1 aliphatic heterocycles. The zero-order chi connectivity index (χ0) is 19.6. The third-order valence-electron chi connectivity index (χ3n) is 5.55. The number of rotatable bonds is 4. The summed E-state index contributed by atoms with van der Waals surface area (Å²) in [5.74, 6) is -0.215. The van der Waals surface area contributed by atoms with E-state index in [1.807, 2.05) is 36.8 Å². The zero-order valence-electron chi connectivity index (χ0n) is 16.0. The molecule has 6 heteroatoms. The second-order valence-corrected chi connectivity index (χ2v) is 7.42. The maximum absolute atomic E-state index is 13.5. The van der Waals surface area contributed by atoms with Crippen molar-refractivity contribution >= 4 is 10.9 Å². The Bertz CT molecular complexity index is 1120. The van der Waals surface area contributed by atoms with E-state index in [-0.39, 0.29) is 11.9 Å². The van der Waals surface area contributed by atoms with Gasteiger partial charge in [-0.05, 0) is 47.0 Å². The lowest BCUT2D eigenvalue weighted by Crippen LogP contribution is -2.45. The molecule has 5 nitrogen and oxygen atoms in total. The molecule has 2 aromatic carbocycles. The minimum Gasteiger partial charge on any atom is -0.314 e. The van der Waals surface area contributed by atoms with Gasteiger partial charge in [0.25, 0.3) is 0 Å². The van der Waals surface area contributed by atoms with E-state index in [9.17, 15) is 4.39 Å². The molecular formula is C23H22FN5. The fourth-order valence-corrected chi connectivity index (χ4v) is 4.09. The third kappa shape index (κ3) is 3.64. The molecule has 0 radical (unpaired) electrons. The van der Waals surface area contributed by atoms with Crippen molar-refractivity contribution in [3.8, 4) is 11.1 Å². The Morgan fingerprint density at radius 2 is 1.69 bits per heavy atom. The van der Waals surface area contributed by atoms with Gasteiger partial charge in [0.15, 0.2) is 0 Å². The number of aromatic nitrogens is 3. The second-order valence-electron chi connectivity index (χ2n) is 7.42. The van der Waals surface area contributed by atoms with Gasteiger partial charge >= 0.3 is 0 Å². The van der Waals surface area contributed by atoms with Crippen molar-refractivity contribution < 1.29 is 4.39 Å². The van der Waals surface area contributed by atoms with Crippen LogP contribution in [0.25, 0.3) is 22.0 Å². The van der Waals surface area contributed by atoms with Gasteiger partial charge in [-0.2, -0.15) is 5.10 Å². The van der Waals surface area contributed by atoms with Crippen LogP contribution in [0.4, 0.5) is 4.39 Å². The molecule has 4 aromatic rings. The van der Waals surface area contributed by atoms with Crippen LogP contribution in [0.3, 0.4) is 0 Å². The summed E-state index contributed by atoms with van der Waals surface area (Å²) in [5.41, 5.74) is 5.38. The van der Waals surface area contributed by atoms with Crippen LogP contribution >= 0.6 is 0 Å². The highest BCUT2D eigenvalue weighted by Crippen LogP contribution is 2.32. The number of H-pyrrole nitrogens is 1. The van der Waals surface area contributed by atoms with Gasteiger partial charge < -0.3 is 5.32 Å². The Morgan fingerprint density at radius 1 is 0.862 bits per heavy atom. The van der Waals surface area contributed by atoms with Crippen molar-refractivity contribution in [2.45, 2.75) is 6.04 Å². The lowest BCUT2D eigenvalue weighted by molar-refractivity contribution is 0.198. The molecule has 1 fully saturated rings. The fourth-order valence-electron chi connectivity index (χ4n) is 4.09. The number of aromatic amines is 1. The molecule has 5 rings (SSSR count). The Kier molecular flexibility index (Phi) is 4.79. The summed E-state index contributed by atoms with van der Waals surface area (Å²) in [6, 6.07) is 15.3. The molecule has 29 heavy (non-hydrogen) atoms. The van der Waals surface area contributed by atoms with Crippen molar-refractivity contribution in [1.29, 1.82) is 0 Å². The number of hydrogen-bond acceptors (Lipinski definition) is 4. The van der Waals surface area contributed by atoms with E-state index in [1.165, 1.54) is 12.1 Å². The van der Waals surface area contributed by atoms with E-state index >= 15 is 0 Å². The van der Waals surface area contributed by atoms with Gasteiger partial charge in [0.2, 0.25) is 0 Å². The molecule has 1 atom stereocenters. The first-order chi connectivity index (χ1) is 14.3. The summed E-state index contributed by atoms with van der Waals surface area (Å²) < 4.78 is 13.5. The summed E-state index contributed by atoms with van der Waals surface area (Å²) in [5, 5.41) is 11.6. The number of piperazine rings is 1. The van der Waals surface area contributed by atoms with Crippen molar-refractivity contribution in [2.75, 3.05) is 26.2 Å². The summed E-state index contributed by atoms with van der Waals surface area (Å²) >= 11 is 0. The van der Waals surface area contributed by atoms with E-state index < -0.39 is 0 Å². The van der Waals surface area contributed by atoms with Gasteiger partial charge in [0.05, 0.1) is 17.8 Å². The van der Waals surface area contributed by atoms with Crippen LogP contribution in [0.15, 0.2) is 67.1 Å². The maximum atomic E-state index is 13.5. The molecule has 0 aliphatic carbocycles. The maximum Gasteiger partial charge on any atom is 0.123 e. The van der Waals surface area contributed by atoms with Gasteiger partial charge in [-0.1, -0.05) is 18.2 Å². The third-order valence-corrected chi connectivity index (χ3v) is 5.55. The molecule has 1 aliphatic rings. The van der Waals surface area contributed by atoms with Gasteiger partial charge in [-0.25, -0.2) is 4.39 Å². The van der Waals surface area contributed by atoms with E-state index in [1.54, 1.807) is 0 Å². The molecule has 3 heterocycles. The summed E-state index contributed by atoms with van der Waals surface area (Å²) in [4.78, 5) is 6.98. The molecule has 0 bridgehead atoms. The number of nitrogens with one attached hydrogen (secondary N) is 2. The molecule has 0 spiro atoms. The quantitative estimate of drug-likeness (QED) is 0.560. The largest absolute Gasteiger partial charge is 0.314 e. The summed E-state index contributed by atoms with van der Waals surface area (Å²) in [6.07, 6.45) is 5.65. The molecule has 2 aromatic heterocycles. The number of nitrogens with zero attached hydrogens (tertiary/aromatic N) is 3. The number of fused-ring (bicyclic) bond motifs is 1. The number of benzene rings is 2. The van der Waals surface area contributed by atoms with Gasteiger partial charge in [-0.3, -0.25) is 15.0 Å². The van der Waals surface area contributed by atoms with Crippen LogP contribution in [0.2, 0.25) is 0 Å². The van der Waals surface area contributed by atoms with Crippen LogP contribution in [-0.4, -0.2) is 46.3 Å². The van der Waals surface area contributed by atoms with Crippen molar-refractivity contribution in [2.24, 2.45) is 0 Å². The van der Waals surface area contributed by atoms with Crippen LogP contribution in [0.1, 0.15) is 17.2 Å². The van der Waals surface area contributed by atoms with Crippen LogP contribution in [0.5, 0.6) is 0 Å². The highest BCUT2D eigenvalue weighted by molar-refractivity contribution is 5.83. The van der Waals surface area contributed by atoms with Crippen molar-refractivity contribution in [3.05, 3.63) is 84.1 Å². The highest BCUT2D eigenvalue weighted by atomic mass is 19.1. The Labute approximate surface area is 168 Å². The smallest absolute Gasteiger partial charge is 0.123 e. The van der Waals surface area contributed by atoms with E-state index in [0.29, 0.717) is 0 Å². The average Bonchev–Trinajstić information content (AvgIpc) is 3.24. The number of halogens is 1. The Morgan fingerprint density at radius 3 is 2.52 bits per heavy atom. The summed E-state index contributed by atoms with van der Waals surface area (Å²) in [7, 11) is 0. The van der Waals surface area contributed by atoms with Crippen LogP contribution in [-0.2, 0) is 0 Å². The molecule has 2 N–H and O–H groups in total. The predicted molar refractivity (Wildman–Crippen MR) is 112 cm³/mol. The second kappa shape index (κ2) is 7.73. The molecule has 146 valence electrons. The minimum atomic E-state index is -0.215. The van der Waals surface area contributed by atoms with Crippen LogP contribution < -0.4 is 5.32 Å². The first kappa shape index (κ1) is 18.0. The van der Waals surface area contributed by atoms with Gasteiger partial charge in [0.1, 0.15) is 5.82 Å². The molecular weight excluding hydrogens is 365 g/mol. The van der Waals surface area contributed by atoms with E-state index in [4.69, 9.17) is 0 Å².